The van der Waals surface area contributed by atoms with Gasteiger partial charge in [0.15, 0.2) is 0 Å². The van der Waals surface area contributed by atoms with E-state index in [0.29, 0.717) is 12.5 Å². The van der Waals surface area contributed by atoms with Crippen molar-refractivity contribution >= 4 is 29.4 Å². The van der Waals surface area contributed by atoms with Crippen LogP contribution in [0.5, 0.6) is 0 Å². The molecule has 0 unspecified atom stereocenters. The van der Waals surface area contributed by atoms with Crippen molar-refractivity contribution < 1.29 is 33.0 Å². The average Bonchev–Trinajstić information content (AvgIpc) is 2.91. The monoisotopic (exact) mass is 364 g/mol. The molecule has 0 bridgehead atoms. The lowest BCUT2D eigenvalue weighted by atomic mass is 10.3. The number of hydrogen-bond donors (Lipinski definition) is 3. The van der Waals surface area contributed by atoms with Gasteiger partial charge in [0.1, 0.15) is 0 Å². The van der Waals surface area contributed by atoms with Gasteiger partial charge < -0.3 is 15.5 Å². The largest absolute Gasteiger partial charge is 0.490 e. The molecule has 0 radical (unpaired) electrons. The maximum absolute atomic E-state index is 10.6. The number of aliphatic carboxylic acids is 1. The summed E-state index contributed by atoms with van der Waals surface area (Å²) in [6.45, 7) is 2.51. The van der Waals surface area contributed by atoms with Gasteiger partial charge in [-0.25, -0.2) is 19.6 Å². The van der Waals surface area contributed by atoms with E-state index in [1.54, 1.807) is 0 Å². The third-order valence-electron chi connectivity index (χ3n) is 2.24. The Balaban J connectivity index is 0.000000351. The molecule has 2 aromatic rings. The predicted molar refractivity (Wildman–Crippen MR) is 76.9 cm³/mol. The highest BCUT2D eigenvalue weighted by Gasteiger charge is 2.38. The van der Waals surface area contributed by atoms with Crippen molar-refractivity contribution in [1.82, 2.24) is 14.3 Å². The van der Waals surface area contributed by atoms with Crippen LogP contribution in [0.1, 0.15) is 20.9 Å². The Labute approximate surface area is 137 Å². The van der Waals surface area contributed by atoms with E-state index >= 15 is 0 Å². The van der Waals surface area contributed by atoms with Crippen molar-refractivity contribution in [3.63, 3.8) is 0 Å². The van der Waals surface area contributed by atoms with E-state index in [1.165, 1.54) is 23.9 Å². The first-order valence-corrected chi connectivity index (χ1v) is 6.88. The topological polar surface area (TPSA) is 125 Å². The van der Waals surface area contributed by atoms with Gasteiger partial charge in [0.2, 0.25) is 5.95 Å². The smallest absolute Gasteiger partial charge is 0.478 e. The van der Waals surface area contributed by atoms with Gasteiger partial charge in [0.05, 0.1) is 17.8 Å². The summed E-state index contributed by atoms with van der Waals surface area (Å²) in [5.74, 6) is -3.39. The van der Waals surface area contributed by atoms with Crippen molar-refractivity contribution in [2.75, 3.05) is 5.32 Å². The van der Waals surface area contributed by atoms with Gasteiger partial charge in [-0.15, -0.1) is 0 Å². The number of hydrogen-bond acceptors (Lipinski definition) is 7. The molecule has 0 aliphatic carbocycles. The SMILES string of the molecule is Cc1cc(CNc2ncc(C(=O)O)cn2)sn1.O=C(O)C(F)(F)F. The molecule has 8 nitrogen and oxygen atoms in total. The molecule has 12 heteroatoms. The van der Waals surface area contributed by atoms with Crippen molar-refractivity contribution in [2.45, 2.75) is 19.6 Å². The lowest BCUT2D eigenvalue weighted by Crippen LogP contribution is -2.21. The highest BCUT2D eigenvalue weighted by molar-refractivity contribution is 7.05. The molecule has 0 aliphatic rings. The van der Waals surface area contributed by atoms with E-state index in [4.69, 9.17) is 15.0 Å². The lowest BCUT2D eigenvalue weighted by molar-refractivity contribution is -0.192. The van der Waals surface area contributed by atoms with E-state index < -0.39 is 18.1 Å². The van der Waals surface area contributed by atoms with Gasteiger partial charge in [-0.3, -0.25) is 0 Å². The number of aromatic carboxylic acids is 1. The Bertz CT molecular complexity index is 703. The number of aromatic nitrogens is 3. The third-order valence-corrected chi connectivity index (χ3v) is 3.11. The molecule has 0 fully saturated rings. The molecule has 2 heterocycles. The number of nitrogens with zero attached hydrogens (tertiary/aromatic N) is 3. The summed E-state index contributed by atoms with van der Waals surface area (Å²) in [6, 6.07) is 1.98. The van der Waals surface area contributed by atoms with Crippen LogP contribution in [0, 0.1) is 6.92 Å². The second-order valence-corrected chi connectivity index (χ2v) is 5.08. The summed E-state index contributed by atoms with van der Waals surface area (Å²) in [6.07, 6.45) is -2.54. The van der Waals surface area contributed by atoms with Crippen LogP contribution in [0.4, 0.5) is 19.1 Å². The number of carboxylic acid groups (broad SMARTS) is 2. The summed E-state index contributed by atoms with van der Waals surface area (Å²) in [4.78, 5) is 28.4. The summed E-state index contributed by atoms with van der Waals surface area (Å²) in [5.41, 5.74) is 1.05. The normalized spacial score (nSPS) is 10.5. The van der Waals surface area contributed by atoms with E-state index in [9.17, 15) is 18.0 Å². The number of aryl methyl sites for hydroxylation is 1. The second kappa shape index (κ2) is 8.19. The zero-order valence-corrected chi connectivity index (χ0v) is 12.9. The highest BCUT2D eigenvalue weighted by atomic mass is 32.1. The molecule has 2 rings (SSSR count). The number of carbonyl (C=O) groups is 2. The van der Waals surface area contributed by atoms with Gasteiger partial charge in [-0.1, -0.05) is 0 Å². The van der Waals surface area contributed by atoms with Crippen LogP contribution in [0.25, 0.3) is 0 Å². The standard InChI is InChI=1S/C10H10N4O2S.C2HF3O2/c1-6-2-8(17-14-6)5-13-10-11-3-7(4-12-10)9(15)16;3-2(4,5)1(6)7/h2-4H,5H2,1H3,(H,15,16)(H,11,12,13);(H,6,7). The van der Waals surface area contributed by atoms with E-state index in [0.717, 1.165) is 10.6 Å². The van der Waals surface area contributed by atoms with E-state index in [-0.39, 0.29) is 5.56 Å². The minimum Gasteiger partial charge on any atom is -0.478 e. The molecular weight excluding hydrogens is 353 g/mol. The fourth-order valence-electron chi connectivity index (χ4n) is 1.20. The van der Waals surface area contributed by atoms with Crippen LogP contribution in [-0.4, -0.2) is 42.7 Å². The second-order valence-electron chi connectivity index (χ2n) is 4.19. The minimum atomic E-state index is -5.08. The lowest BCUT2D eigenvalue weighted by Gasteiger charge is -2.01. The first-order valence-electron chi connectivity index (χ1n) is 6.11. The number of nitrogens with one attached hydrogen (secondary N) is 1. The van der Waals surface area contributed by atoms with Crippen LogP contribution < -0.4 is 5.32 Å². The first-order chi connectivity index (χ1) is 11.1. The van der Waals surface area contributed by atoms with E-state index in [2.05, 4.69) is 19.7 Å². The molecule has 2 aromatic heterocycles. The summed E-state index contributed by atoms with van der Waals surface area (Å²) in [7, 11) is 0. The average molecular weight is 364 g/mol. The summed E-state index contributed by atoms with van der Waals surface area (Å²) < 4.78 is 35.9. The zero-order valence-electron chi connectivity index (χ0n) is 12.0. The van der Waals surface area contributed by atoms with Crippen LogP contribution in [0.3, 0.4) is 0 Å². The molecule has 130 valence electrons. The highest BCUT2D eigenvalue weighted by Crippen LogP contribution is 2.13. The van der Waals surface area contributed by atoms with Gasteiger partial charge in [-0.05, 0) is 24.5 Å². The van der Waals surface area contributed by atoms with Gasteiger partial charge in [0, 0.05) is 17.3 Å². The number of rotatable bonds is 4. The molecule has 0 amide bonds. The maximum Gasteiger partial charge on any atom is 0.490 e. The molecule has 3 N–H and O–H groups in total. The first kappa shape index (κ1) is 19.3. The summed E-state index contributed by atoms with van der Waals surface area (Å²) >= 11 is 1.41. The van der Waals surface area contributed by atoms with Gasteiger partial charge in [-0.2, -0.15) is 17.5 Å². The third kappa shape index (κ3) is 6.56. The summed E-state index contributed by atoms with van der Waals surface area (Å²) in [5, 5.41) is 18.8. The van der Waals surface area contributed by atoms with Crippen LogP contribution in [0.2, 0.25) is 0 Å². The Morgan fingerprint density at radius 2 is 1.79 bits per heavy atom. The number of alkyl halides is 3. The quantitative estimate of drug-likeness (QED) is 0.754. The Kier molecular flexibility index (Phi) is 6.58. The molecule has 0 saturated carbocycles. The molecule has 0 aromatic carbocycles. The zero-order chi connectivity index (χ0) is 18.3. The molecule has 0 aliphatic heterocycles. The molecule has 0 saturated heterocycles. The Morgan fingerprint density at radius 3 is 2.17 bits per heavy atom. The fourth-order valence-corrected chi connectivity index (χ4v) is 1.87. The molecule has 0 spiro atoms. The van der Waals surface area contributed by atoms with Crippen molar-refractivity contribution in [3.8, 4) is 0 Å². The van der Waals surface area contributed by atoms with Crippen LogP contribution in [-0.2, 0) is 11.3 Å². The maximum atomic E-state index is 10.6. The number of carboxylic acids is 2. The van der Waals surface area contributed by atoms with Gasteiger partial charge in [0.25, 0.3) is 0 Å². The van der Waals surface area contributed by atoms with Crippen molar-refractivity contribution in [1.29, 1.82) is 0 Å². The Hall–Kier alpha value is -2.76. The van der Waals surface area contributed by atoms with Gasteiger partial charge >= 0.3 is 18.1 Å². The fraction of sp³-hybridized carbons (Fsp3) is 0.250. The number of halogens is 3. The number of anilines is 1. The van der Waals surface area contributed by atoms with Crippen molar-refractivity contribution in [2.24, 2.45) is 0 Å². The Morgan fingerprint density at radius 1 is 1.25 bits per heavy atom. The van der Waals surface area contributed by atoms with Crippen LogP contribution in [0.15, 0.2) is 18.5 Å². The predicted octanol–water partition coefficient (Wildman–Crippen LogP) is 2.19. The van der Waals surface area contributed by atoms with Crippen molar-refractivity contribution in [3.05, 3.63) is 34.6 Å². The molecule has 0 atom stereocenters. The molecule has 24 heavy (non-hydrogen) atoms. The molecular formula is C12H11F3N4O4S. The van der Waals surface area contributed by atoms with Crippen LogP contribution >= 0.6 is 11.5 Å². The minimum absolute atomic E-state index is 0.0733. The van der Waals surface area contributed by atoms with E-state index in [1.807, 2.05) is 13.0 Å².